The molecule has 0 unspecified atom stereocenters. The molecule has 24 heavy (non-hydrogen) atoms. The number of rotatable bonds is 7. The van der Waals surface area contributed by atoms with Crippen molar-refractivity contribution in [3.63, 3.8) is 0 Å². The molecule has 0 aromatic heterocycles. The zero-order chi connectivity index (χ0) is 17.5. The van der Waals surface area contributed by atoms with Gasteiger partial charge < -0.3 is 15.0 Å². The fraction of sp³-hybridized carbons (Fsp3) is 0.579. The van der Waals surface area contributed by atoms with E-state index in [1.807, 2.05) is 38.1 Å². The number of carbonyl (C=O) groups is 2. The van der Waals surface area contributed by atoms with Gasteiger partial charge in [-0.05, 0) is 32.3 Å². The first kappa shape index (κ1) is 18.5. The molecule has 1 saturated heterocycles. The van der Waals surface area contributed by atoms with E-state index in [0.717, 1.165) is 12.0 Å². The van der Waals surface area contributed by atoms with Crippen molar-refractivity contribution in [3.05, 3.63) is 35.4 Å². The van der Waals surface area contributed by atoms with E-state index >= 15 is 0 Å². The number of carbonyl (C=O) groups excluding carboxylic acids is 2. The first-order valence-corrected chi connectivity index (χ1v) is 8.72. The van der Waals surface area contributed by atoms with Gasteiger partial charge in [-0.25, -0.2) is 0 Å². The molecule has 132 valence electrons. The van der Waals surface area contributed by atoms with E-state index in [9.17, 15) is 9.59 Å². The van der Waals surface area contributed by atoms with Gasteiger partial charge in [0.2, 0.25) is 11.8 Å². The minimum absolute atomic E-state index is 0.0245. The Kier molecular flexibility index (Phi) is 6.79. The Labute approximate surface area is 144 Å². The van der Waals surface area contributed by atoms with Crippen molar-refractivity contribution in [1.82, 2.24) is 10.2 Å². The van der Waals surface area contributed by atoms with E-state index in [1.54, 1.807) is 11.9 Å². The molecule has 1 aliphatic rings. The number of hydrogen-bond acceptors (Lipinski definition) is 3. The lowest BCUT2D eigenvalue weighted by Gasteiger charge is -2.38. The number of piperidine rings is 1. The minimum Gasteiger partial charge on any atom is -0.382 e. The third-order valence-corrected chi connectivity index (χ3v) is 4.59. The second-order valence-electron chi connectivity index (χ2n) is 6.35. The van der Waals surface area contributed by atoms with Crippen LogP contribution in [-0.4, -0.2) is 43.5 Å². The van der Waals surface area contributed by atoms with E-state index in [0.29, 0.717) is 32.6 Å². The van der Waals surface area contributed by atoms with E-state index in [4.69, 9.17) is 4.74 Å². The molecular formula is C19H28N2O3. The van der Waals surface area contributed by atoms with Crippen LogP contribution in [0.4, 0.5) is 0 Å². The Bertz CT molecular complexity index is 556. The van der Waals surface area contributed by atoms with Crippen molar-refractivity contribution in [3.8, 4) is 0 Å². The summed E-state index contributed by atoms with van der Waals surface area (Å²) < 4.78 is 5.29. The number of amides is 2. The maximum atomic E-state index is 12.6. The Morgan fingerprint density at radius 2 is 2.04 bits per heavy atom. The molecule has 5 heteroatoms. The number of nitrogens with zero attached hydrogens (tertiary/aromatic N) is 1. The lowest BCUT2D eigenvalue weighted by atomic mass is 9.83. The normalized spacial score (nSPS) is 21.0. The van der Waals surface area contributed by atoms with E-state index < -0.39 is 0 Å². The predicted octanol–water partition coefficient (Wildman–Crippen LogP) is 2.45. The van der Waals surface area contributed by atoms with Crippen LogP contribution < -0.4 is 5.32 Å². The number of aryl methyl sites for hydroxylation is 1. The second kappa shape index (κ2) is 8.83. The average molecular weight is 332 g/mol. The number of likely N-dealkylation sites (tertiary alicyclic amines) is 1. The highest BCUT2D eigenvalue weighted by Gasteiger charge is 2.38. The van der Waals surface area contributed by atoms with Crippen molar-refractivity contribution < 1.29 is 14.3 Å². The molecule has 0 spiro atoms. The van der Waals surface area contributed by atoms with Gasteiger partial charge in [0.1, 0.15) is 0 Å². The smallest absolute Gasteiger partial charge is 0.225 e. The predicted molar refractivity (Wildman–Crippen MR) is 93.5 cm³/mol. The van der Waals surface area contributed by atoms with Crippen molar-refractivity contribution >= 4 is 11.8 Å². The van der Waals surface area contributed by atoms with Crippen LogP contribution in [0.15, 0.2) is 24.3 Å². The van der Waals surface area contributed by atoms with E-state index in [2.05, 4.69) is 5.32 Å². The quantitative estimate of drug-likeness (QED) is 0.780. The maximum Gasteiger partial charge on any atom is 0.225 e. The molecule has 1 heterocycles. The standard InChI is InChI=1S/C19H28N2O3/c1-4-24-13-5-12-20-19(23)16-10-11-17(22)21(3)18(16)15-8-6-14(2)7-9-15/h6-9,16,18H,4-5,10-13H2,1-3H3,(H,20,23)/t16-,18-/m1/s1. The molecule has 2 amide bonds. The van der Waals surface area contributed by atoms with E-state index in [1.165, 1.54) is 5.56 Å². The molecule has 2 atom stereocenters. The average Bonchev–Trinajstić information content (AvgIpc) is 2.58. The topological polar surface area (TPSA) is 58.6 Å². The van der Waals surface area contributed by atoms with Crippen molar-refractivity contribution in [2.75, 3.05) is 26.8 Å². The molecular weight excluding hydrogens is 304 g/mol. The summed E-state index contributed by atoms with van der Waals surface area (Å²) in [6.45, 7) is 5.94. The molecule has 1 N–H and O–H groups in total. The fourth-order valence-electron chi connectivity index (χ4n) is 3.19. The summed E-state index contributed by atoms with van der Waals surface area (Å²) in [5.41, 5.74) is 2.19. The summed E-state index contributed by atoms with van der Waals surface area (Å²) in [7, 11) is 1.79. The highest BCUT2D eigenvalue weighted by molar-refractivity contribution is 5.84. The number of benzene rings is 1. The molecule has 1 aliphatic heterocycles. The first-order chi connectivity index (χ1) is 11.5. The van der Waals surface area contributed by atoms with Crippen molar-refractivity contribution in [1.29, 1.82) is 0 Å². The first-order valence-electron chi connectivity index (χ1n) is 8.72. The summed E-state index contributed by atoms with van der Waals surface area (Å²) >= 11 is 0. The SMILES string of the molecule is CCOCCCNC(=O)[C@@H]1CCC(=O)N(C)[C@@H]1c1ccc(C)cc1. The van der Waals surface area contributed by atoms with Gasteiger partial charge in [0.15, 0.2) is 0 Å². The van der Waals surface area contributed by atoms with Gasteiger partial charge >= 0.3 is 0 Å². The summed E-state index contributed by atoms with van der Waals surface area (Å²) in [4.78, 5) is 26.5. The highest BCUT2D eigenvalue weighted by atomic mass is 16.5. The number of nitrogens with one attached hydrogen (secondary N) is 1. The van der Waals surface area contributed by atoms with Gasteiger partial charge in [0.25, 0.3) is 0 Å². The third kappa shape index (κ3) is 4.57. The van der Waals surface area contributed by atoms with Crippen molar-refractivity contribution in [2.24, 2.45) is 5.92 Å². The Balaban J connectivity index is 2.06. The van der Waals surface area contributed by atoms with Gasteiger partial charge in [0.05, 0.1) is 12.0 Å². The summed E-state index contributed by atoms with van der Waals surface area (Å²) in [6, 6.07) is 7.90. The summed E-state index contributed by atoms with van der Waals surface area (Å²) in [5.74, 6) is -0.0834. The van der Waals surface area contributed by atoms with Gasteiger partial charge in [-0.2, -0.15) is 0 Å². The Morgan fingerprint density at radius 1 is 1.33 bits per heavy atom. The van der Waals surface area contributed by atoms with Crippen LogP contribution in [0.2, 0.25) is 0 Å². The molecule has 0 radical (unpaired) electrons. The molecule has 1 aromatic carbocycles. The zero-order valence-electron chi connectivity index (χ0n) is 14.9. The summed E-state index contributed by atoms with van der Waals surface area (Å²) in [5, 5.41) is 3.00. The summed E-state index contributed by atoms with van der Waals surface area (Å²) in [6.07, 6.45) is 1.82. The van der Waals surface area contributed by atoms with Crippen LogP contribution in [0.25, 0.3) is 0 Å². The van der Waals surface area contributed by atoms with Crippen LogP contribution in [0.5, 0.6) is 0 Å². The van der Waals surface area contributed by atoms with Crippen LogP contribution in [0, 0.1) is 12.8 Å². The lowest BCUT2D eigenvalue weighted by Crippen LogP contribution is -2.46. The molecule has 1 fully saturated rings. The number of ether oxygens (including phenoxy) is 1. The molecule has 0 aliphatic carbocycles. The second-order valence-corrected chi connectivity index (χ2v) is 6.35. The van der Waals surface area contributed by atoms with E-state index in [-0.39, 0.29) is 23.8 Å². The van der Waals surface area contributed by atoms with Gasteiger partial charge in [-0.3, -0.25) is 9.59 Å². The molecule has 1 aromatic rings. The maximum absolute atomic E-state index is 12.6. The zero-order valence-corrected chi connectivity index (χ0v) is 14.9. The van der Waals surface area contributed by atoms with Crippen LogP contribution in [0.3, 0.4) is 0 Å². The van der Waals surface area contributed by atoms with Gasteiger partial charge in [0, 0.05) is 33.2 Å². The van der Waals surface area contributed by atoms with Crippen molar-refractivity contribution in [2.45, 2.75) is 39.2 Å². The van der Waals surface area contributed by atoms with Crippen LogP contribution in [0.1, 0.15) is 43.4 Å². The number of hydrogen-bond donors (Lipinski definition) is 1. The van der Waals surface area contributed by atoms with Crippen LogP contribution in [-0.2, 0) is 14.3 Å². The largest absolute Gasteiger partial charge is 0.382 e. The minimum atomic E-state index is -0.206. The third-order valence-electron chi connectivity index (χ3n) is 4.59. The monoisotopic (exact) mass is 332 g/mol. The van der Waals surface area contributed by atoms with Gasteiger partial charge in [-0.15, -0.1) is 0 Å². The molecule has 2 rings (SSSR count). The molecule has 5 nitrogen and oxygen atoms in total. The molecule has 0 bridgehead atoms. The van der Waals surface area contributed by atoms with Crippen LogP contribution >= 0.6 is 0 Å². The lowest BCUT2D eigenvalue weighted by molar-refractivity contribution is -0.141. The highest BCUT2D eigenvalue weighted by Crippen LogP contribution is 2.35. The fourth-order valence-corrected chi connectivity index (χ4v) is 3.19. The van der Waals surface area contributed by atoms with Gasteiger partial charge in [-0.1, -0.05) is 29.8 Å². The Hall–Kier alpha value is -1.88. The Morgan fingerprint density at radius 3 is 2.71 bits per heavy atom. The molecule has 0 saturated carbocycles.